The van der Waals surface area contributed by atoms with Crippen molar-refractivity contribution in [3.05, 3.63) is 58.4 Å². The van der Waals surface area contributed by atoms with E-state index < -0.39 is 0 Å². The number of aryl methyl sites for hydroxylation is 1. The first-order valence-corrected chi connectivity index (χ1v) is 6.61. The van der Waals surface area contributed by atoms with Crippen LogP contribution >= 0.6 is 11.6 Å². The fraction of sp³-hybridized carbons (Fsp3) is 0.200. The summed E-state index contributed by atoms with van der Waals surface area (Å²) in [5, 5.41) is 11.9. The molecular weight excluding hydrogens is 276 g/mol. The summed E-state index contributed by atoms with van der Waals surface area (Å²) in [6.07, 6.45) is 0.605. The minimum atomic E-state index is -0.229. The number of carbonyl (C=O) groups is 1. The number of nitrogens with one attached hydrogen (secondary N) is 1. The van der Waals surface area contributed by atoms with Gasteiger partial charge in [-0.1, -0.05) is 23.7 Å². The SMILES string of the molecule is Cc1cc(C(=O)Nc2ccc(CCO)cc2)cc(Cl)n1. The molecule has 0 aliphatic carbocycles. The molecule has 1 amide bonds. The second kappa shape index (κ2) is 6.50. The minimum absolute atomic E-state index is 0.112. The molecule has 0 unspecified atom stereocenters. The van der Waals surface area contributed by atoms with Gasteiger partial charge in [0.15, 0.2) is 0 Å². The summed E-state index contributed by atoms with van der Waals surface area (Å²) in [6, 6.07) is 10.6. The number of aromatic nitrogens is 1. The number of nitrogens with zero attached hydrogens (tertiary/aromatic N) is 1. The predicted molar refractivity (Wildman–Crippen MR) is 79.2 cm³/mol. The molecule has 2 rings (SSSR count). The number of rotatable bonds is 4. The van der Waals surface area contributed by atoms with Crippen molar-refractivity contribution in [3.63, 3.8) is 0 Å². The molecule has 5 heteroatoms. The lowest BCUT2D eigenvalue weighted by atomic mass is 10.1. The Bertz CT molecular complexity index is 592. The summed E-state index contributed by atoms with van der Waals surface area (Å²) >= 11 is 5.84. The van der Waals surface area contributed by atoms with E-state index in [1.807, 2.05) is 12.1 Å². The third kappa shape index (κ3) is 3.79. The highest BCUT2D eigenvalue weighted by Crippen LogP contribution is 2.14. The number of amides is 1. The second-order valence-corrected chi connectivity index (χ2v) is 4.83. The average molecular weight is 291 g/mol. The van der Waals surface area contributed by atoms with E-state index in [2.05, 4.69) is 10.3 Å². The van der Waals surface area contributed by atoms with Crippen LogP contribution in [-0.2, 0) is 6.42 Å². The Morgan fingerprint density at radius 1 is 1.30 bits per heavy atom. The molecular formula is C15H15ClN2O2. The molecule has 0 fully saturated rings. The van der Waals surface area contributed by atoms with Crippen LogP contribution in [0.2, 0.25) is 5.15 Å². The first-order chi connectivity index (χ1) is 9.58. The van der Waals surface area contributed by atoms with Crippen molar-refractivity contribution in [2.24, 2.45) is 0 Å². The van der Waals surface area contributed by atoms with Gasteiger partial charge in [-0.2, -0.15) is 0 Å². The molecule has 0 saturated carbocycles. The molecule has 0 spiro atoms. The molecule has 2 N–H and O–H groups in total. The Balaban J connectivity index is 2.10. The molecule has 0 bridgehead atoms. The molecule has 0 atom stereocenters. The molecule has 0 aliphatic heterocycles. The number of aliphatic hydroxyl groups is 1. The van der Waals surface area contributed by atoms with Gasteiger partial charge in [-0.15, -0.1) is 0 Å². The van der Waals surface area contributed by atoms with E-state index in [1.54, 1.807) is 25.1 Å². The standard InChI is InChI=1S/C15H15ClN2O2/c1-10-8-12(9-14(16)17-10)15(20)18-13-4-2-11(3-5-13)6-7-19/h2-5,8-9,19H,6-7H2,1H3,(H,18,20). The third-order valence-electron chi connectivity index (χ3n) is 2.80. The maximum Gasteiger partial charge on any atom is 0.255 e. The smallest absolute Gasteiger partial charge is 0.255 e. The zero-order valence-corrected chi connectivity index (χ0v) is 11.8. The van der Waals surface area contributed by atoms with E-state index in [0.29, 0.717) is 28.5 Å². The van der Waals surface area contributed by atoms with E-state index in [1.165, 1.54) is 6.07 Å². The lowest BCUT2D eigenvalue weighted by Crippen LogP contribution is -2.12. The Labute approximate surface area is 122 Å². The molecule has 2 aromatic rings. The van der Waals surface area contributed by atoms with Gasteiger partial charge in [0.2, 0.25) is 0 Å². The van der Waals surface area contributed by atoms with Gasteiger partial charge >= 0.3 is 0 Å². The highest BCUT2D eigenvalue weighted by atomic mass is 35.5. The van der Waals surface area contributed by atoms with E-state index in [4.69, 9.17) is 16.7 Å². The summed E-state index contributed by atoms with van der Waals surface area (Å²) in [5.41, 5.74) is 2.89. The number of anilines is 1. The highest BCUT2D eigenvalue weighted by Gasteiger charge is 2.08. The minimum Gasteiger partial charge on any atom is -0.396 e. The quantitative estimate of drug-likeness (QED) is 0.851. The van der Waals surface area contributed by atoms with Crippen molar-refractivity contribution in [2.45, 2.75) is 13.3 Å². The Hall–Kier alpha value is -1.91. The third-order valence-corrected chi connectivity index (χ3v) is 2.99. The summed E-state index contributed by atoms with van der Waals surface area (Å²) in [7, 11) is 0. The van der Waals surface area contributed by atoms with Gasteiger partial charge in [0.25, 0.3) is 5.91 Å². The largest absolute Gasteiger partial charge is 0.396 e. The molecule has 0 aliphatic rings. The topological polar surface area (TPSA) is 62.2 Å². The van der Waals surface area contributed by atoms with Crippen LogP contribution < -0.4 is 5.32 Å². The zero-order chi connectivity index (χ0) is 14.5. The number of halogens is 1. The predicted octanol–water partition coefficient (Wildman–Crippen LogP) is 2.83. The van der Waals surface area contributed by atoms with Crippen molar-refractivity contribution in [3.8, 4) is 0 Å². The molecule has 20 heavy (non-hydrogen) atoms. The normalized spacial score (nSPS) is 10.3. The summed E-state index contributed by atoms with van der Waals surface area (Å²) in [4.78, 5) is 16.1. The summed E-state index contributed by atoms with van der Waals surface area (Å²) in [6.45, 7) is 1.90. The van der Waals surface area contributed by atoms with Gasteiger partial charge in [0, 0.05) is 23.6 Å². The van der Waals surface area contributed by atoms with Crippen molar-refractivity contribution in [2.75, 3.05) is 11.9 Å². The van der Waals surface area contributed by atoms with Gasteiger partial charge < -0.3 is 10.4 Å². The molecule has 1 heterocycles. The lowest BCUT2D eigenvalue weighted by Gasteiger charge is -2.07. The monoisotopic (exact) mass is 290 g/mol. The van der Waals surface area contributed by atoms with Gasteiger partial charge in [-0.25, -0.2) is 4.98 Å². The van der Waals surface area contributed by atoms with Gasteiger partial charge in [-0.3, -0.25) is 4.79 Å². The number of benzene rings is 1. The van der Waals surface area contributed by atoms with Gasteiger partial charge in [0.05, 0.1) is 0 Å². The van der Waals surface area contributed by atoms with Gasteiger partial charge in [0.1, 0.15) is 5.15 Å². The molecule has 0 radical (unpaired) electrons. The van der Waals surface area contributed by atoms with Crippen LogP contribution in [-0.4, -0.2) is 22.6 Å². The number of aliphatic hydroxyl groups excluding tert-OH is 1. The van der Waals surface area contributed by atoms with Crippen LogP contribution in [0.25, 0.3) is 0 Å². The molecule has 104 valence electrons. The first-order valence-electron chi connectivity index (χ1n) is 6.24. The van der Waals surface area contributed by atoms with E-state index >= 15 is 0 Å². The van der Waals surface area contributed by atoms with Crippen molar-refractivity contribution in [1.82, 2.24) is 4.98 Å². The maximum atomic E-state index is 12.1. The van der Waals surface area contributed by atoms with Crippen LogP contribution in [0.5, 0.6) is 0 Å². The van der Waals surface area contributed by atoms with Crippen LogP contribution in [0, 0.1) is 6.92 Å². The van der Waals surface area contributed by atoms with Crippen LogP contribution in [0.15, 0.2) is 36.4 Å². The van der Waals surface area contributed by atoms with Gasteiger partial charge in [-0.05, 0) is 43.2 Å². The first kappa shape index (κ1) is 14.5. The number of carbonyl (C=O) groups excluding carboxylic acids is 1. The Morgan fingerprint density at radius 3 is 2.60 bits per heavy atom. The second-order valence-electron chi connectivity index (χ2n) is 4.44. The number of pyridine rings is 1. The molecule has 4 nitrogen and oxygen atoms in total. The maximum absolute atomic E-state index is 12.1. The van der Waals surface area contributed by atoms with Crippen LogP contribution in [0.4, 0.5) is 5.69 Å². The van der Waals surface area contributed by atoms with Crippen LogP contribution in [0.3, 0.4) is 0 Å². The van der Waals surface area contributed by atoms with E-state index in [0.717, 1.165) is 5.56 Å². The molecule has 0 saturated heterocycles. The Morgan fingerprint density at radius 2 is 2.00 bits per heavy atom. The van der Waals surface area contributed by atoms with E-state index in [-0.39, 0.29) is 12.5 Å². The van der Waals surface area contributed by atoms with Crippen LogP contribution in [0.1, 0.15) is 21.6 Å². The summed E-state index contributed by atoms with van der Waals surface area (Å²) < 4.78 is 0. The number of hydrogen-bond donors (Lipinski definition) is 2. The highest BCUT2D eigenvalue weighted by molar-refractivity contribution is 6.29. The fourth-order valence-electron chi connectivity index (χ4n) is 1.85. The van der Waals surface area contributed by atoms with Crippen molar-refractivity contribution >= 4 is 23.2 Å². The molecule has 1 aromatic carbocycles. The molecule has 1 aromatic heterocycles. The van der Waals surface area contributed by atoms with Crippen molar-refractivity contribution < 1.29 is 9.90 Å². The Kier molecular flexibility index (Phi) is 4.71. The lowest BCUT2D eigenvalue weighted by molar-refractivity contribution is 0.102. The number of hydrogen-bond acceptors (Lipinski definition) is 3. The summed E-state index contributed by atoms with van der Waals surface area (Å²) in [5.74, 6) is -0.229. The van der Waals surface area contributed by atoms with E-state index in [9.17, 15) is 4.79 Å². The zero-order valence-electron chi connectivity index (χ0n) is 11.1. The van der Waals surface area contributed by atoms with Crippen molar-refractivity contribution in [1.29, 1.82) is 0 Å². The average Bonchev–Trinajstić information content (AvgIpc) is 2.40. The fourth-order valence-corrected chi connectivity index (χ4v) is 2.10.